The standard InChI is InChI=1S/C12H11N3O3/c16-10-7-9(12(17)15-5-2-6-18-15)8-3-1-4-13-11(8)14-10/h1,3-4,7H,2,5-6H2,(H,13,14,16). The summed E-state index contributed by atoms with van der Waals surface area (Å²) in [6.07, 6.45) is 2.38. The maximum Gasteiger partial charge on any atom is 0.278 e. The molecule has 18 heavy (non-hydrogen) atoms. The molecule has 0 unspecified atom stereocenters. The van der Waals surface area contributed by atoms with Crippen LogP contribution in [0.2, 0.25) is 0 Å². The lowest BCUT2D eigenvalue weighted by molar-refractivity contribution is -0.0767. The first-order valence-electron chi connectivity index (χ1n) is 5.68. The van der Waals surface area contributed by atoms with Gasteiger partial charge in [0.15, 0.2) is 0 Å². The van der Waals surface area contributed by atoms with E-state index in [2.05, 4.69) is 9.97 Å². The Bertz CT molecular complexity index is 659. The third kappa shape index (κ3) is 1.76. The lowest BCUT2D eigenvalue weighted by Gasteiger charge is -2.14. The number of hydrogen-bond acceptors (Lipinski definition) is 4. The van der Waals surface area contributed by atoms with Gasteiger partial charge in [-0.1, -0.05) is 0 Å². The number of aromatic nitrogens is 2. The Kier molecular flexibility index (Phi) is 2.56. The molecule has 0 spiro atoms. The topological polar surface area (TPSA) is 75.3 Å². The van der Waals surface area contributed by atoms with Crippen molar-refractivity contribution in [3.05, 3.63) is 40.3 Å². The Morgan fingerprint density at radius 3 is 3.17 bits per heavy atom. The monoisotopic (exact) mass is 245 g/mol. The van der Waals surface area contributed by atoms with Crippen molar-refractivity contribution >= 4 is 16.9 Å². The second kappa shape index (κ2) is 4.23. The molecular formula is C12H11N3O3. The first-order chi connectivity index (χ1) is 8.75. The molecule has 6 nitrogen and oxygen atoms in total. The second-order valence-electron chi connectivity index (χ2n) is 4.04. The number of fused-ring (bicyclic) bond motifs is 1. The fraction of sp³-hybridized carbons (Fsp3) is 0.250. The molecule has 2 aromatic heterocycles. The van der Waals surface area contributed by atoms with Crippen LogP contribution in [0.1, 0.15) is 16.8 Å². The Balaban J connectivity index is 2.15. The summed E-state index contributed by atoms with van der Waals surface area (Å²) >= 11 is 0. The number of hydroxylamine groups is 2. The van der Waals surface area contributed by atoms with Gasteiger partial charge in [0.2, 0.25) is 5.56 Å². The minimum Gasteiger partial charge on any atom is -0.307 e. The number of nitrogens with zero attached hydrogens (tertiary/aromatic N) is 2. The first-order valence-corrected chi connectivity index (χ1v) is 5.68. The van der Waals surface area contributed by atoms with Crippen LogP contribution in [0.3, 0.4) is 0 Å². The van der Waals surface area contributed by atoms with Crippen molar-refractivity contribution in [1.82, 2.24) is 15.0 Å². The molecule has 3 rings (SSSR count). The average Bonchev–Trinajstić information content (AvgIpc) is 2.90. The van der Waals surface area contributed by atoms with Gasteiger partial charge in [-0.05, 0) is 18.6 Å². The van der Waals surface area contributed by atoms with Crippen LogP contribution in [0.4, 0.5) is 0 Å². The van der Waals surface area contributed by atoms with E-state index in [1.165, 1.54) is 11.1 Å². The van der Waals surface area contributed by atoms with Crippen molar-refractivity contribution < 1.29 is 9.63 Å². The van der Waals surface area contributed by atoms with Crippen LogP contribution in [0.25, 0.3) is 11.0 Å². The molecular weight excluding hydrogens is 234 g/mol. The minimum absolute atomic E-state index is 0.295. The fourth-order valence-corrected chi connectivity index (χ4v) is 2.00. The molecule has 92 valence electrons. The number of carbonyl (C=O) groups excluding carboxylic acids is 1. The minimum atomic E-state index is -0.344. The van der Waals surface area contributed by atoms with Crippen LogP contribution < -0.4 is 5.56 Å². The normalized spacial score (nSPS) is 15.2. The molecule has 0 aliphatic carbocycles. The molecule has 0 aromatic carbocycles. The van der Waals surface area contributed by atoms with E-state index in [4.69, 9.17) is 4.84 Å². The Labute approximate surface area is 102 Å². The van der Waals surface area contributed by atoms with E-state index in [0.717, 1.165) is 6.42 Å². The van der Waals surface area contributed by atoms with Crippen molar-refractivity contribution in [2.24, 2.45) is 0 Å². The highest BCUT2D eigenvalue weighted by Gasteiger charge is 2.23. The predicted molar refractivity (Wildman–Crippen MR) is 64.0 cm³/mol. The Morgan fingerprint density at radius 2 is 2.39 bits per heavy atom. The quantitative estimate of drug-likeness (QED) is 0.802. The van der Waals surface area contributed by atoms with Crippen molar-refractivity contribution in [2.75, 3.05) is 13.2 Å². The van der Waals surface area contributed by atoms with Gasteiger partial charge in [0.1, 0.15) is 5.65 Å². The molecule has 1 saturated heterocycles. The molecule has 1 fully saturated rings. The number of H-pyrrole nitrogens is 1. The molecule has 0 atom stereocenters. The van der Waals surface area contributed by atoms with Crippen molar-refractivity contribution in [1.29, 1.82) is 0 Å². The summed E-state index contributed by atoms with van der Waals surface area (Å²) in [4.78, 5) is 35.6. The lowest BCUT2D eigenvalue weighted by atomic mass is 10.1. The van der Waals surface area contributed by atoms with Crippen molar-refractivity contribution in [3.8, 4) is 0 Å². The number of aromatic amines is 1. The summed E-state index contributed by atoms with van der Waals surface area (Å²) < 4.78 is 0. The Morgan fingerprint density at radius 1 is 1.50 bits per heavy atom. The number of pyridine rings is 2. The average molecular weight is 245 g/mol. The van der Waals surface area contributed by atoms with Crippen molar-refractivity contribution in [2.45, 2.75) is 6.42 Å². The number of rotatable bonds is 1. The van der Waals surface area contributed by atoms with Crippen LogP contribution in [0.15, 0.2) is 29.2 Å². The highest BCUT2D eigenvalue weighted by atomic mass is 16.7. The van der Waals surface area contributed by atoms with Gasteiger partial charge in [0.05, 0.1) is 18.7 Å². The molecule has 0 saturated carbocycles. The smallest absolute Gasteiger partial charge is 0.278 e. The largest absolute Gasteiger partial charge is 0.307 e. The number of carbonyl (C=O) groups is 1. The molecule has 1 aliphatic heterocycles. The first kappa shape index (κ1) is 10.9. The zero-order valence-electron chi connectivity index (χ0n) is 9.55. The van der Waals surface area contributed by atoms with Crippen LogP contribution in [0.5, 0.6) is 0 Å². The van der Waals surface area contributed by atoms with Gasteiger partial charge in [-0.15, -0.1) is 0 Å². The molecule has 1 N–H and O–H groups in total. The van der Waals surface area contributed by atoms with E-state index in [9.17, 15) is 9.59 Å². The van der Waals surface area contributed by atoms with Gasteiger partial charge in [-0.25, -0.2) is 10.0 Å². The fourth-order valence-electron chi connectivity index (χ4n) is 2.00. The number of nitrogens with one attached hydrogen (secondary N) is 1. The summed E-state index contributed by atoms with van der Waals surface area (Å²) in [7, 11) is 0. The SMILES string of the molecule is O=C(c1cc(=O)[nH]c2ncccc12)N1CCCO1. The number of amides is 1. The highest BCUT2D eigenvalue weighted by Crippen LogP contribution is 2.17. The summed E-state index contributed by atoms with van der Waals surface area (Å²) in [6.45, 7) is 1.08. The zero-order chi connectivity index (χ0) is 12.5. The van der Waals surface area contributed by atoms with Gasteiger partial charge in [0.25, 0.3) is 5.91 Å². The van der Waals surface area contributed by atoms with Gasteiger partial charge >= 0.3 is 0 Å². The zero-order valence-corrected chi connectivity index (χ0v) is 9.55. The second-order valence-corrected chi connectivity index (χ2v) is 4.04. The lowest BCUT2D eigenvalue weighted by Crippen LogP contribution is -2.28. The predicted octanol–water partition coefficient (Wildman–Crippen LogP) is 0.701. The molecule has 1 aliphatic rings. The van der Waals surface area contributed by atoms with E-state index in [1.54, 1.807) is 18.3 Å². The van der Waals surface area contributed by atoms with Crippen LogP contribution in [0, 0.1) is 0 Å². The maximum absolute atomic E-state index is 12.2. The Hall–Kier alpha value is -2.21. The molecule has 0 radical (unpaired) electrons. The maximum atomic E-state index is 12.2. The van der Waals surface area contributed by atoms with Crippen LogP contribution in [-0.2, 0) is 4.84 Å². The van der Waals surface area contributed by atoms with E-state index >= 15 is 0 Å². The van der Waals surface area contributed by atoms with Crippen LogP contribution in [-0.4, -0.2) is 34.1 Å². The summed E-state index contributed by atoms with van der Waals surface area (Å²) in [5, 5.41) is 1.92. The van der Waals surface area contributed by atoms with Gasteiger partial charge in [-0.3, -0.25) is 14.4 Å². The molecule has 3 heterocycles. The molecule has 6 heteroatoms. The molecule has 2 aromatic rings. The summed E-state index contributed by atoms with van der Waals surface area (Å²) in [6, 6.07) is 4.76. The van der Waals surface area contributed by atoms with Gasteiger partial charge in [0, 0.05) is 17.6 Å². The van der Waals surface area contributed by atoms with Gasteiger partial charge < -0.3 is 4.98 Å². The number of hydrogen-bond donors (Lipinski definition) is 1. The third-order valence-corrected chi connectivity index (χ3v) is 2.82. The van der Waals surface area contributed by atoms with E-state index in [-0.39, 0.29) is 11.5 Å². The van der Waals surface area contributed by atoms with E-state index in [1.807, 2.05) is 0 Å². The van der Waals surface area contributed by atoms with E-state index in [0.29, 0.717) is 29.7 Å². The third-order valence-electron chi connectivity index (χ3n) is 2.82. The van der Waals surface area contributed by atoms with E-state index < -0.39 is 0 Å². The van der Waals surface area contributed by atoms with Gasteiger partial charge in [-0.2, -0.15) is 0 Å². The van der Waals surface area contributed by atoms with Crippen LogP contribution >= 0.6 is 0 Å². The molecule has 0 bridgehead atoms. The molecule has 1 amide bonds. The summed E-state index contributed by atoms with van der Waals surface area (Å²) in [5.74, 6) is -0.295. The summed E-state index contributed by atoms with van der Waals surface area (Å²) in [5.41, 5.74) is 0.389. The van der Waals surface area contributed by atoms with Crippen molar-refractivity contribution in [3.63, 3.8) is 0 Å². The highest BCUT2D eigenvalue weighted by molar-refractivity contribution is 6.04.